The van der Waals surface area contributed by atoms with Gasteiger partial charge in [0, 0.05) is 73.0 Å². The fourth-order valence-corrected chi connectivity index (χ4v) is 12.6. The maximum Gasteiger partial charge on any atom is 0.416 e. The Labute approximate surface area is 618 Å². The lowest BCUT2D eigenvalue weighted by molar-refractivity contribution is -0.138. The Morgan fingerprint density at radius 3 is 1.00 bits per heavy atom. The van der Waals surface area contributed by atoms with E-state index in [-0.39, 0.29) is 35.1 Å². The largest absolute Gasteiger partial charge is 0.416 e. The summed E-state index contributed by atoms with van der Waals surface area (Å²) in [7, 11) is 3.85. The summed E-state index contributed by atoms with van der Waals surface area (Å²) in [5, 5.41) is 0.524. The first-order valence-corrected chi connectivity index (χ1v) is 35.5. The van der Waals surface area contributed by atoms with Crippen LogP contribution < -0.4 is 14.7 Å². The number of carbonyl (C=O) groups excluding carboxylic acids is 3. The highest BCUT2D eigenvalue weighted by atomic mass is 35.5. The van der Waals surface area contributed by atoms with Crippen LogP contribution in [0.4, 0.5) is 79.5 Å². The van der Waals surface area contributed by atoms with E-state index in [9.17, 15) is 53.9 Å². The number of anilines is 6. The molecule has 1 aromatic heterocycles. The van der Waals surface area contributed by atoms with Crippen LogP contribution >= 0.6 is 11.6 Å². The quantitative estimate of drug-likeness (QED) is 0.0440. The monoisotopic (exact) mass is 1460 g/mol. The van der Waals surface area contributed by atoms with Crippen LogP contribution in [0, 0.1) is 30.2 Å². The van der Waals surface area contributed by atoms with Crippen molar-refractivity contribution in [2.24, 2.45) is 23.7 Å². The van der Waals surface area contributed by atoms with E-state index < -0.39 is 35.2 Å². The highest BCUT2D eigenvalue weighted by molar-refractivity contribution is 6.30. The molecule has 0 aliphatic heterocycles. The van der Waals surface area contributed by atoms with Crippen molar-refractivity contribution < 1.29 is 53.9 Å². The van der Waals surface area contributed by atoms with Gasteiger partial charge in [0.2, 0.25) is 0 Å². The molecule has 3 atom stereocenters. The van der Waals surface area contributed by atoms with Crippen molar-refractivity contribution in [3.05, 3.63) is 250 Å². The average molecular weight is 1460 g/mol. The van der Waals surface area contributed by atoms with Crippen molar-refractivity contribution in [1.82, 2.24) is 4.98 Å². The van der Waals surface area contributed by atoms with Crippen molar-refractivity contribution in [3.63, 3.8) is 0 Å². The molecule has 0 spiro atoms. The maximum absolute atomic E-state index is 13.1. The number of halogens is 10. The molecule has 0 fully saturated rings. The van der Waals surface area contributed by atoms with Gasteiger partial charge in [-0.15, -0.1) is 0 Å². The molecule has 0 amide bonds. The van der Waals surface area contributed by atoms with Gasteiger partial charge < -0.3 is 14.7 Å². The second-order valence-corrected chi connectivity index (χ2v) is 29.3. The molecule has 9 aromatic rings. The van der Waals surface area contributed by atoms with Crippen LogP contribution in [0.1, 0.15) is 172 Å². The molecular weight excluding hydrogens is 1370 g/mol. The van der Waals surface area contributed by atoms with Crippen molar-refractivity contribution in [2.75, 3.05) is 35.3 Å². The Bertz CT molecular complexity index is 4410. The first kappa shape index (κ1) is 82.8. The highest BCUT2D eigenvalue weighted by Crippen LogP contribution is 2.42. The maximum atomic E-state index is 13.1. The van der Waals surface area contributed by atoms with E-state index in [0.29, 0.717) is 88.6 Å². The summed E-state index contributed by atoms with van der Waals surface area (Å²) in [5.41, 5.74) is 10.8. The van der Waals surface area contributed by atoms with Crippen LogP contribution in [0.3, 0.4) is 0 Å². The molecule has 0 aliphatic carbocycles. The van der Waals surface area contributed by atoms with Crippen LogP contribution in [0.25, 0.3) is 38.2 Å². The molecule has 0 N–H and O–H groups in total. The number of alkyl halides is 9. The summed E-state index contributed by atoms with van der Waals surface area (Å²) in [6.07, 6.45) is -9.55. The van der Waals surface area contributed by atoms with Crippen LogP contribution in [-0.2, 0) is 32.9 Å². The molecule has 0 saturated heterocycles. The van der Waals surface area contributed by atoms with Crippen LogP contribution in [0.2, 0.25) is 5.02 Å². The molecule has 1 heterocycles. The molecule has 3 unspecified atom stereocenters. The van der Waals surface area contributed by atoms with Crippen LogP contribution in [-0.4, -0.2) is 43.0 Å². The molecule has 105 heavy (non-hydrogen) atoms. The van der Waals surface area contributed by atoms with E-state index in [2.05, 4.69) is 108 Å². The minimum absolute atomic E-state index is 0.0493. The fraction of sp³-hybridized carbons (Fsp3) is 0.345. The minimum Gasteiger partial charge on any atom is -0.345 e. The lowest BCUT2D eigenvalue weighted by Gasteiger charge is -2.28. The minimum atomic E-state index is -4.41. The van der Waals surface area contributed by atoms with E-state index in [1.165, 1.54) is 42.0 Å². The van der Waals surface area contributed by atoms with Crippen LogP contribution in [0.15, 0.2) is 194 Å². The Kier molecular flexibility index (Phi) is 28.4. The summed E-state index contributed by atoms with van der Waals surface area (Å²) in [6.45, 7) is 33.5. The van der Waals surface area contributed by atoms with E-state index >= 15 is 0 Å². The predicted molar refractivity (Wildman–Crippen MR) is 410 cm³/mol. The summed E-state index contributed by atoms with van der Waals surface area (Å²) in [5.74, 6) is 1.60. The smallest absolute Gasteiger partial charge is 0.345 e. The van der Waals surface area contributed by atoms with Gasteiger partial charge in [0.25, 0.3) is 0 Å². The third-order valence-corrected chi connectivity index (χ3v) is 18.4. The number of Topliss-reactive ketones (excluding diaryl/α,β-unsaturated/α-hetero) is 3. The summed E-state index contributed by atoms with van der Waals surface area (Å²) in [6, 6.07) is 52.1. The lowest BCUT2D eigenvalue weighted by Crippen LogP contribution is -2.24. The number of ketones is 3. The summed E-state index contributed by atoms with van der Waals surface area (Å²) < 4.78 is 118. The van der Waals surface area contributed by atoms with Gasteiger partial charge in [-0.25, -0.2) is 9.83 Å². The number of hydrogen-bond donors (Lipinski definition) is 0. The molecule has 8 nitrogen and oxygen atoms in total. The van der Waals surface area contributed by atoms with Gasteiger partial charge in [-0.05, 0) is 234 Å². The molecule has 0 bridgehead atoms. The van der Waals surface area contributed by atoms with Gasteiger partial charge >= 0.3 is 18.5 Å². The molecule has 0 aliphatic rings. The van der Waals surface area contributed by atoms with E-state index in [0.717, 1.165) is 98.2 Å². The summed E-state index contributed by atoms with van der Waals surface area (Å²) in [4.78, 5) is 51.8. The molecule has 9 rings (SSSR count). The Morgan fingerprint density at radius 1 is 0.400 bits per heavy atom. The van der Waals surface area contributed by atoms with Gasteiger partial charge in [-0.1, -0.05) is 160 Å². The SMILES string of the molecule is CC(=O)C(CC(C)C)c1cc(-c2ccc(C(F)(F)F)cc2)cc(N(C)c2ccc(C(C)C)cc2)c1.CC(=O)C(CC(C)C)c1cc(-c2ccc(C(F)(F)F)cc2)cc(N(CC(C)C)c2ccc(Cl)cn2)c1.[C-]#[N+]c1ccc(N(C)c2cc(-c3ccc(C(F)(F)F)cc3)cc(C(CC(C)C)C(C)=O)c2)cc1. The zero-order chi connectivity index (χ0) is 77.6. The Morgan fingerprint density at radius 2 is 0.724 bits per heavy atom. The number of aromatic nitrogens is 1. The predicted octanol–water partition coefficient (Wildman–Crippen LogP) is 26.3. The Balaban J connectivity index is 0.000000220. The van der Waals surface area contributed by atoms with Gasteiger partial charge in [0.1, 0.15) is 23.2 Å². The first-order chi connectivity index (χ1) is 49.2. The van der Waals surface area contributed by atoms with Crippen molar-refractivity contribution in [3.8, 4) is 33.4 Å². The first-order valence-electron chi connectivity index (χ1n) is 35.1. The normalized spacial score (nSPS) is 12.6. The number of nitrogens with zero attached hydrogens (tertiary/aromatic N) is 5. The second-order valence-electron chi connectivity index (χ2n) is 28.9. The van der Waals surface area contributed by atoms with Gasteiger partial charge in [0.05, 0.1) is 28.3 Å². The zero-order valence-corrected chi connectivity index (χ0v) is 62.9. The summed E-state index contributed by atoms with van der Waals surface area (Å²) >= 11 is 6.07. The standard InChI is InChI=1S/C30H34F3NO.C29H32ClF3N2O.C28H27F3N2O/c1-19(2)15-29(21(5)35)25-16-24(23-7-11-26(12-8-23)30(31,32)33)17-28(18-25)34(6)27-13-9-22(10-14-27)20(3)4;1-18(2)12-27(20(5)36)23-13-22(21-6-8-24(9-7-21)29(31,32)33)14-26(15-23)35(17-19(3)4)28-11-10-25(30)16-34-28;1-18(2)14-27(19(3)34)22-15-21(20-6-8-23(9-7-20)28(29,30)31)16-26(17-22)33(5)25-12-10-24(32-4)11-13-25/h7-14,16-20,29H,15H2,1-6H3;6-11,13-16,18-19,27H,12,17H2,1-5H3;6-13,15-18,27H,14H2,1-3,5H3. The molecule has 8 aromatic carbocycles. The number of benzene rings is 8. The molecule has 0 radical (unpaired) electrons. The van der Waals surface area contributed by atoms with Crippen LogP contribution in [0.5, 0.6) is 0 Å². The van der Waals surface area contributed by atoms with Gasteiger partial charge in [-0.3, -0.25) is 14.4 Å². The zero-order valence-electron chi connectivity index (χ0n) is 62.2. The molecule has 0 saturated carbocycles. The van der Waals surface area contributed by atoms with Crippen molar-refractivity contribution >= 4 is 68.9 Å². The number of pyridine rings is 1. The number of rotatable bonds is 24. The fourth-order valence-electron chi connectivity index (χ4n) is 12.5. The lowest BCUT2D eigenvalue weighted by atomic mass is 9.85. The third-order valence-electron chi connectivity index (χ3n) is 18.2. The molecule has 554 valence electrons. The van der Waals surface area contributed by atoms with Crippen molar-refractivity contribution in [1.29, 1.82) is 0 Å². The molecular formula is C87H93ClF9N5O3. The second kappa shape index (κ2) is 36.0. The van der Waals surface area contributed by atoms with E-state index in [1.807, 2.05) is 96.7 Å². The molecule has 18 heteroatoms. The van der Waals surface area contributed by atoms with Gasteiger partial charge in [-0.2, -0.15) is 39.5 Å². The van der Waals surface area contributed by atoms with E-state index in [1.54, 1.807) is 45.2 Å². The highest BCUT2D eigenvalue weighted by Gasteiger charge is 2.33. The van der Waals surface area contributed by atoms with E-state index in [4.69, 9.17) is 18.2 Å². The number of hydrogen-bond acceptors (Lipinski definition) is 7. The van der Waals surface area contributed by atoms with Gasteiger partial charge in [0.15, 0.2) is 5.69 Å². The number of carbonyl (C=O) groups is 3. The Hall–Kier alpha value is -9.53. The van der Waals surface area contributed by atoms with Crippen molar-refractivity contribution in [2.45, 2.75) is 151 Å². The topological polar surface area (TPSA) is 78.2 Å². The third kappa shape index (κ3) is 23.2. The average Bonchev–Trinajstić information content (AvgIpc) is 0.826.